The highest BCUT2D eigenvalue weighted by molar-refractivity contribution is 8.00. The van der Waals surface area contributed by atoms with Gasteiger partial charge in [0.1, 0.15) is 10.4 Å². The van der Waals surface area contributed by atoms with Crippen molar-refractivity contribution >= 4 is 39.7 Å². The number of rotatable bonds is 2. The van der Waals surface area contributed by atoms with Gasteiger partial charge >= 0.3 is 0 Å². The van der Waals surface area contributed by atoms with Crippen LogP contribution in [0.3, 0.4) is 0 Å². The van der Waals surface area contributed by atoms with Gasteiger partial charge in [-0.05, 0) is 24.1 Å². The van der Waals surface area contributed by atoms with E-state index in [-0.39, 0.29) is 11.3 Å². The van der Waals surface area contributed by atoms with Crippen LogP contribution in [0.5, 0.6) is 0 Å². The van der Waals surface area contributed by atoms with Crippen LogP contribution >= 0.6 is 23.1 Å². The Morgan fingerprint density at radius 3 is 3.09 bits per heavy atom. The van der Waals surface area contributed by atoms with Crippen molar-refractivity contribution < 1.29 is 9.53 Å². The summed E-state index contributed by atoms with van der Waals surface area (Å²) in [5, 5.41) is 7.69. The van der Waals surface area contributed by atoms with Crippen molar-refractivity contribution in [1.29, 1.82) is 0 Å². The van der Waals surface area contributed by atoms with E-state index in [0.29, 0.717) is 6.61 Å². The second-order valence-electron chi connectivity index (χ2n) is 5.37. The molecular weight excluding hydrogens is 316 g/mol. The van der Waals surface area contributed by atoms with E-state index in [1.54, 1.807) is 18.3 Å². The summed E-state index contributed by atoms with van der Waals surface area (Å²) in [6.45, 7) is 2.96. The highest BCUT2D eigenvalue weighted by atomic mass is 32.2. The molecule has 0 fully saturated rings. The van der Waals surface area contributed by atoms with Crippen LogP contribution in [0.2, 0.25) is 0 Å². The fourth-order valence-electron chi connectivity index (χ4n) is 2.90. The zero-order valence-electron chi connectivity index (χ0n) is 12.1. The highest BCUT2D eigenvalue weighted by Crippen LogP contribution is 2.52. The first-order valence-electron chi connectivity index (χ1n) is 7.24. The number of amides is 1. The molecule has 1 aromatic heterocycles. The molecular formula is C16H16N2O2S2. The lowest BCUT2D eigenvalue weighted by atomic mass is 10.1. The van der Waals surface area contributed by atoms with Gasteiger partial charge in [0.15, 0.2) is 0 Å². The van der Waals surface area contributed by atoms with Gasteiger partial charge in [-0.3, -0.25) is 4.79 Å². The van der Waals surface area contributed by atoms with Crippen LogP contribution in [-0.2, 0) is 22.6 Å². The maximum Gasteiger partial charge on any atom is 0.221 e. The van der Waals surface area contributed by atoms with Crippen LogP contribution in [-0.4, -0.2) is 12.5 Å². The minimum atomic E-state index is -0.0266. The quantitative estimate of drug-likeness (QED) is 0.873. The number of nitrogens with one attached hydrogen (secondary N) is 2. The van der Waals surface area contributed by atoms with Gasteiger partial charge in [0.05, 0.1) is 13.2 Å². The summed E-state index contributed by atoms with van der Waals surface area (Å²) in [6, 6.07) is 8.33. The van der Waals surface area contributed by atoms with Crippen molar-refractivity contribution in [3.8, 4) is 0 Å². The van der Waals surface area contributed by atoms with Gasteiger partial charge in [0.2, 0.25) is 5.91 Å². The number of carbonyl (C=O) groups is 1. The molecule has 0 aliphatic carbocycles. The number of ether oxygens (including phenoxy) is 1. The summed E-state index contributed by atoms with van der Waals surface area (Å²) < 4.78 is 5.56. The molecule has 2 aliphatic rings. The van der Waals surface area contributed by atoms with Gasteiger partial charge in [-0.25, -0.2) is 0 Å². The standard InChI is InChI=1S/C16H16N2O2S2/c1-9(19)17-15-14(10-6-7-20-8-13(10)22-15)16-18-11-4-2-3-5-12(11)21-16/h2-5,16,18H,6-8H2,1H3,(H,17,19). The molecule has 1 unspecified atom stereocenters. The first-order valence-corrected chi connectivity index (χ1v) is 8.94. The van der Waals surface area contributed by atoms with E-state index in [0.717, 1.165) is 18.0 Å². The number of benzene rings is 1. The Balaban J connectivity index is 1.74. The Kier molecular flexibility index (Phi) is 3.60. The second-order valence-corrected chi connectivity index (χ2v) is 7.62. The molecule has 0 saturated carbocycles. The van der Waals surface area contributed by atoms with E-state index >= 15 is 0 Å². The predicted octanol–water partition coefficient (Wildman–Crippen LogP) is 4.00. The molecule has 2 aromatic rings. The summed E-state index contributed by atoms with van der Waals surface area (Å²) in [4.78, 5) is 14.0. The SMILES string of the molecule is CC(=O)Nc1sc2c(c1C1Nc3ccccc3S1)CCOC2. The van der Waals surface area contributed by atoms with Crippen LogP contribution in [0, 0.1) is 0 Å². The van der Waals surface area contributed by atoms with Crippen molar-refractivity contribution in [3.63, 3.8) is 0 Å². The maximum absolute atomic E-state index is 11.5. The summed E-state index contributed by atoms with van der Waals surface area (Å²) >= 11 is 3.46. The summed E-state index contributed by atoms with van der Waals surface area (Å²) in [6.07, 6.45) is 0.913. The van der Waals surface area contributed by atoms with Gasteiger partial charge in [0.25, 0.3) is 0 Å². The fraction of sp³-hybridized carbons (Fsp3) is 0.312. The molecule has 2 aliphatic heterocycles. The molecule has 4 rings (SSSR count). The molecule has 0 saturated heterocycles. The first kappa shape index (κ1) is 14.1. The molecule has 6 heteroatoms. The lowest BCUT2D eigenvalue weighted by Gasteiger charge is -2.18. The lowest BCUT2D eigenvalue weighted by molar-refractivity contribution is -0.114. The zero-order valence-corrected chi connectivity index (χ0v) is 13.8. The Morgan fingerprint density at radius 2 is 2.27 bits per heavy atom. The molecule has 0 radical (unpaired) electrons. The minimum absolute atomic E-state index is 0.0266. The van der Waals surface area contributed by atoms with Crippen LogP contribution in [0.25, 0.3) is 0 Å². The predicted molar refractivity (Wildman–Crippen MR) is 90.6 cm³/mol. The number of para-hydroxylation sites is 1. The Hall–Kier alpha value is -1.50. The van der Waals surface area contributed by atoms with Crippen molar-refractivity contribution in [2.45, 2.75) is 30.2 Å². The van der Waals surface area contributed by atoms with E-state index in [9.17, 15) is 4.79 Å². The number of thioether (sulfide) groups is 1. The normalized spacial score (nSPS) is 19.2. The largest absolute Gasteiger partial charge is 0.376 e. The molecule has 2 N–H and O–H groups in total. The van der Waals surface area contributed by atoms with E-state index in [1.807, 2.05) is 17.8 Å². The molecule has 114 valence electrons. The van der Waals surface area contributed by atoms with Gasteiger partial charge in [-0.2, -0.15) is 0 Å². The number of carbonyl (C=O) groups excluding carboxylic acids is 1. The topological polar surface area (TPSA) is 50.4 Å². The number of hydrogen-bond acceptors (Lipinski definition) is 5. The monoisotopic (exact) mass is 332 g/mol. The third kappa shape index (κ3) is 2.41. The van der Waals surface area contributed by atoms with Crippen molar-refractivity contribution in [2.75, 3.05) is 17.2 Å². The number of hydrogen-bond donors (Lipinski definition) is 2. The highest BCUT2D eigenvalue weighted by Gasteiger charge is 2.31. The summed E-state index contributed by atoms with van der Waals surface area (Å²) in [5.74, 6) is -0.0266. The fourth-order valence-corrected chi connectivity index (χ4v) is 5.48. The van der Waals surface area contributed by atoms with Gasteiger partial charge < -0.3 is 15.4 Å². The first-order chi connectivity index (χ1) is 10.7. The van der Waals surface area contributed by atoms with Crippen LogP contribution in [0.15, 0.2) is 29.2 Å². The average molecular weight is 332 g/mol. The molecule has 1 atom stereocenters. The minimum Gasteiger partial charge on any atom is -0.376 e. The number of fused-ring (bicyclic) bond motifs is 2. The van der Waals surface area contributed by atoms with Crippen molar-refractivity contribution in [2.24, 2.45) is 0 Å². The van der Waals surface area contributed by atoms with Gasteiger partial charge in [0, 0.05) is 27.9 Å². The van der Waals surface area contributed by atoms with Crippen LogP contribution < -0.4 is 10.6 Å². The molecule has 4 nitrogen and oxygen atoms in total. The molecule has 22 heavy (non-hydrogen) atoms. The zero-order chi connectivity index (χ0) is 15.1. The van der Waals surface area contributed by atoms with Gasteiger partial charge in [-0.15, -0.1) is 11.3 Å². The maximum atomic E-state index is 11.5. The lowest BCUT2D eigenvalue weighted by Crippen LogP contribution is -2.13. The van der Waals surface area contributed by atoms with E-state index in [1.165, 1.54) is 26.6 Å². The van der Waals surface area contributed by atoms with Crippen LogP contribution in [0.4, 0.5) is 10.7 Å². The smallest absolute Gasteiger partial charge is 0.221 e. The van der Waals surface area contributed by atoms with E-state index in [4.69, 9.17) is 4.74 Å². The van der Waals surface area contributed by atoms with Crippen molar-refractivity contribution in [1.82, 2.24) is 0 Å². The Bertz CT molecular complexity index is 717. The number of thiophene rings is 1. The van der Waals surface area contributed by atoms with E-state index < -0.39 is 0 Å². The Morgan fingerprint density at radius 1 is 1.41 bits per heavy atom. The second kappa shape index (κ2) is 5.61. The summed E-state index contributed by atoms with van der Waals surface area (Å²) in [5.41, 5.74) is 3.73. The molecule has 0 spiro atoms. The van der Waals surface area contributed by atoms with Gasteiger partial charge in [-0.1, -0.05) is 23.9 Å². The van der Waals surface area contributed by atoms with E-state index in [2.05, 4.69) is 28.8 Å². The summed E-state index contributed by atoms with van der Waals surface area (Å²) in [7, 11) is 0. The average Bonchev–Trinajstić information content (AvgIpc) is 3.06. The molecule has 1 amide bonds. The van der Waals surface area contributed by atoms with Crippen molar-refractivity contribution in [3.05, 3.63) is 40.3 Å². The Labute approximate surface area is 137 Å². The number of anilines is 2. The molecule has 3 heterocycles. The third-order valence-corrected chi connectivity index (χ3v) is 6.17. The molecule has 0 bridgehead atoms. The molecule has 1 aromatic carbocycles. The van der Waals surface area contributed by atoms with Crippen LogP contribution in [0.1, 0.15) is 28.3 Å². The third-order valence-electron chi connectivity index (χ3n) is 3.83.